The fourth-order valence-corrected chi connectivity index (χ4v) is 4.39. The number of fused-ring (bicyclic) bond motifs is 3. The number of anilines is 1. The van der Waals surface area contributed by atoms with E-state index < -0.39 is 6.23 Å². The van der Waals surface area contributed by atoms with Crippen molar-refractivity contribution in [2.45, 2.75) is 31.3 Å². The molecule has 0 radical (unpaired) electrons. The van der Waals surface area contributed by atoms with Crippen LogP contribution in [0.3, 0.4) is 0 Å². The lowest BCUT2D eigenvalue weighted by Crippen LogP contribution is -2.17. The number of benzene rings is 3. The topological polar surface area (TPSA) is 78.4 Å². The number of ether oxygens (including phenoxy) is 3. The molecule has 8 heteroatoms. The van der Waals surface area contributed by atoms with Crippen LogP contribution < -0.4 is 19.5 Å². The number of nitrogens with one attached hydrogen (secondary N) is 1. The maximum absolute atomic E-state index is 6.38. The maximum atomic E-state index is 6.38. The third kappa shape index (κ3) is 5.17. The van der Waals surface area contributed by atoms with Crippen molar-refractivity contribution in [3.63, 3.8) is 0 Å². The zero-order valence-corrected chi connectivity index (χ0v) is 20.4. The average Bonchev–Trinajstić information content (AvgIpc) is 3.07. The van der Waals surface area contributed by atoms with Crippen molar-refractivity contribution >= 4 is 17.4 Å². The van der Waals surface area contributed by atoms with Gasteiger partial charge in [0.2, 0.25) is 11.0 Å². The molecule has 0 aliphatic carbocycles. The Hall–Kier alpha value is -3.78. The zero-order valence-electron chi connectivity index (χ0n) is 19.6. The molecule has 2 heterocycles. The molecule has 0 amide bonds. The largest absolute Gasteiger partial charge is 0.493 e. The first-order valence-electron chi connectivity index (χ1n) is 11.5. The van der Waals surface area contributed by atoms with Crippen molar-refractivity contribution in [2.24, 2.45) is 0 Å². The molecule has 0 saturated heterocycles. The first-order chi connectivity index (χ1) is 17.2. The van der Waals surface area contributed by atoms with Crippen molar-refractivity contribution in [3.05, 3.63) is 83.9 Å². The Kier molecular flexibility index (Phi) is 6.99. The number of hydrogen-bond acceptors (Lipinski definition) is 8. The molecule has 0 spiro atoms. The van der Waals surface area contributed by atoms with Gasteiger partial charge in [-0.25, -0.2) is 0 Å². The fraction of sp³-hybridized carbons (Fsp3) is 0.222. The highest BCUT2D eigenvalue weighted by Crippen LogP contribution is 2.41. The highest BCUT2D eigenvalue weighted by Gasteiger charge is 2.26. The van der Waals surface area contributed by atoms with Crippen molar-refractivity contribution in [2.75, 3.05) is 18.2 Å². The minimum atomic E-state index is -0.504. The first-order valence-corrected chi connectivity index (χ1v) is 12.5. The summed E-state index contributed by atoms with van der Waals surface area (Å²) >= 11 is 1.57. The van der Waals surface area contributed by atoms with E-state index in [-0.39, 0.29) is 0 Å². The number of nitrogens with zero attached hydrogens (tertiary/aromatic N) is 3. The number of methoxy groups -OCH3 is 1. The van der Waals surface area contributed by atoms with E-state index in [2.05, 4.69) is 27.4 Å². The number of rotatable bonds is 8. The summed E-state index contributed by atoms with van der Waals surface area (Å²) in [5.41, 5.74) is 4.37. The molecule has 1 aliphatic rings. The van der Waals surface area contributed by atoms with E-state index in [0.29, 0.717) is 34.8 Å². The summed E-state index contributed by atoms with van der Waals surface area (Å²) in [6.07, 6.45) is 0.521. The molecular formula is C27H26N4O3S. The Morgan fingerprint density at radius 2 is 1.80 bits per heavy atom. The quantitative estimate of drug-likeness (QED) is 0.298. The van der Waals surface area contributed by atoms with Gasteiger partial charge in [0.05, 0.1) is 7.11 Å². The van der Waals surface area contributed by atoms with Crippen LogP contribution in [-0.4, -0.2) is 28.0 Å². The summed E-state index contributed by atoms with van der Waals surface area (Å²) < 4.78 is 18.1. The van der Waals surface area contributed by atoms with Crippen LogP contribution >= 0.6 is 11.8 Å². The molecular weight excluding hydrogens is 460 g/mol. The summed E-state index contributed by atoms with van der Waals surface area (Å²) in [6.45, 7) is 2.58. The molecule has 0 unspecified atom stereocenters. The highest BCUT2D eigenvalue weighted by molar-refractivity contribution is 7.99. The maximum Gasteiger partial charge on any atom is 0.247 e. The lowest BCUT2D eigenvalue weighted by Gasteiger charge is -2.21. The minimum absolute atomic E-state index is 0.449. The Balaban J connectivity index is 1.45. The highest BCUT2D eigenvalue weighted by atomic mass is 32.2. The van der Waals surface area contributed by atoms with Gasteiger partial charge in [-0.1, -0.05) is 67.2 Å². The van der Waals surface area contributed by atoms with Crippen molar-refractivity contribution in [1.82, 2.24) is 15.2 Å². The Morgan fingerprint density at radius 1 is 0.971 bits per heavy atom. The minimum Gasteiger partial charge on any atom is -0.493 e. The number of aromatic nitrogens is 3. The van der Waals surface area contributed by atoms with Gasteiger partial charge in [-0.05, 0) is 36.2 Å². The van der Waals surface area contributed by atoms with Crippen LogP contribution in [0.1, 0.15) is 30.7 Å². The van der Waals surface area contributed by atoms with E-state index >= 15 is 0 Å². The monoisotopic (exact) mass is 486 g/mol. The zero-order chi connectivity index (χ0) is 24.0. The second kappa shape index (κ2) is 10.7. The van der Waals surface area contributed by atoms with Gasteiger partial charge in [0.15, 0.2) is 23.4 Å². The summed E-state index contributed by atoms with van der Waals surface area (Å²) in [7, 11) is 1.63. The second-order valence-corrected chi connectivity index (χ2v) is 9.03. The molecule has 0 saturated carbocycles. The van der Waals surface area contributed by atoms with Gasteiger partial charge < -0.3 is 19.5 Å². The molecule has 4 aromatic rings. The molecule has 3 aromatic carbocycles. The smallest absolute Gasteiger partial charge is 0.247 e. The number of thioether (sulfide) groups is 1. The molecule has 0 fully saturated rings. The standard InChI is InChI=1S/C27H26N4O3S/c1-3-15-35-27-29-26-24(30-31-27)20-11-7-8-12-21(20)28-25(34-26)19-13-14-22(23(16-19)32-2)33-17-18-9-5-4-6-10-18/h4-14,16,25,28H,3,15,17H2,1-2H3/t25-/m0/s1. The molecule has 1 aliphatic heterocycles. The van der Waals surface area contributed by atoms with Gasteiger partial charge in [-0.3, -0.25) is 0 Å². The lowest BCUT2D eigenvalue weighted by atomic mass is 10.1. The number of para-hydroxylation sites is 1. The van der Waals surface area contributed by atoms with Gasteiger partial charge in [0.1, 0.15) is 6.61 Å². The molecule has 1 aromatic heterocycles. The van der Waals surface area contributed by atoms with Crippen LogP contribution in [0.4, 0.5) is 5.69 Å². The average molecular weight is 487 g/mol. The van der Waals surface area contributed by atoms with Gasteiger partial charge in [0, 0.05) is 22.6 Å². The lowest BCUT2D eigenvalue weighted by molar-refractivity contribution is 0.224. The number of hydrogen-bond donors (Lipinski definition) is 1. The van der Waals surface area contributed by atoms with Crippen LogP contribution in [0.15, 0.2) is 78.0 Å². The molecule has 5 rings (SSSR count). The second-order valence-electron chi connectivity index (χ2n) is 7.97. The Morgan fingerprint density at radius 3 is 2.63 bits per heavy atom. The van der Waals surface area contributed by atoms with Gasteiger partial charge in [-0.2, -0.15) is 4.98 Å². The van der Waals surface area contributed by atoms with Gasteiger partial charge in [0.25, 0.3) is 0 Å². The molecule has 35 heavy (non-hydrogen) atoms. The fourth-order valence-electron chi connectivity index (χ4n) is 3.75. The van der Waals surface area contributed by atoms with Crippen molar-refractivity contribution < 1.29 is 14.2 Å². The molecule has 7 nitrogen and oxygen atoms in total. The van der Waals surface area contributed by atoms with Crippen LogP contribution in [-0.2, 0) is 6.61 Å². The first kappa shape index (κ1) is 23.0. The van der Waals surface area contributed by atoms with E-state index in [1.54, 1.807) is 18.9 Å². The third-order valence-electron chi connectivity index (χ3n) is 5.50. The Labute approximate surface area is 208 Å². The van der Waals surface area contributed by atoms with Crippen LogP contribution in [0.25, 0.3) is 11.3 Å². The third-order valence-corrected chi connectivity index (χ3v) is 6.54. The van der Waals surface area contributed by atoms with Crippen LogP contribution in [0.5, 0.6) is 17.4 Å². The van der Waals surface area contributed by atoms with Crippen LogP contribution in [0.2, 0.25) is 0 Å². The van der Waals surface area contributed by atoms with Gasteiger partial charge >= 0.3 is 0 Å². The summed E-state index contributed by atoms with van der Waals surface area (Å²) in [5, 5.41) is 12.9. The van der Waals surface area contributed by atoms with Gasteiger partial charge in [-0.15, -0.1) is 10.2 Å². The summed E-state index contributed by atoms with van der Waals surface area (Å²) in [4.78, 5) is 4.68. The normalized spacial score (nSPS) is 14.1. The molecule has 1 N–H and O–H groups in total. The predicted octanol–water partition coefficient (Wildman–Crippen LogP) is 6.13. The molecule has 1 atom stereocenters. The summed E-state index contributed by atoms with van der Waals surface area (Å²) in [5.74, 6) is 2.66. The van der Waals surface area contributed by atoms with E-state index in [1.807, 2.05) is 72.8 Å². The van der Waals surface area contributed by atoms with E-state index in [9.17, 15) is 0 Å². The van der Waals surface area contributed by atoms with Crippen molar-refractivity contribution in [1.29, 1.82) is 0 Å². The predicted molar refractivity (Wildman–Crippen MR) is 137 cm³/mol. The molecule has 0 bridgehead atoms. The van der Waals surface area contributed by atoms with Crippen LogP contribution in [0, 0.1) is 0 Å². The SMILES string of the molecule is CCCSc1nnc2c(n1)O[C@@H](c1ccc(OCc3ccccc3)c(OC)c1)Nc1ccccc1-2. The van der Waals surface area contributed by atoms with E-state index in [0.717, 1.165) is 34.6 Å². The van der Waals surface area contributed by atoms with E-state index in [4.69, 9.17) is 14.2 Å². The molecule has 178 valence electrons. The summed E-state index contributed by atoms with van der Waals surface area (Å²) in [6, 6.07) is 23.8. The van der Waals surface area contributed by atoms with E-state index in [1.165, 1.54) is 0 Å². The van der Waals surface area contributed by atoms with Crippen molar-refractivity contribution in [3.8, 4) is 28.6 Å². The Bertz CT molecular complexity index is 1300.